The summed E-state index contributed by atoms with van der Waals surface area (Å²) in [6.45, 7) is -2.51. The molecular weight excluding hydrogens is 1750 g/mol. The van der Waals surface area contributed by atoms with Crippen LogP contribution in [0.15, 0.2) is 397 Å². The van der Waals surface area contributed by atoms with E-state index in [1.54, 1.807) is 11.3 Å². The monoisotopic (exact) mass is 1810 g/mol. The minimum absolute atomic E-state index is 0. The molecule has 0 aliphatic carbocycles. The van der Waals surface area contributed by atoms with Gasteiger partial charge < -0.3 is 9.68 Å². The normalized spacial score (nSPS) is 11.3. The summed E-state index contributed by atoms with van der Waals surface area (Å²) in [6, 6.07) is 139. The molecule has 539 valence electrons. The summed E-state index contributed by atoms with van der Waals surface area (Å²) >= 11 is 29.5. The number of hydrogen-bond acceptors (Lipinski definition) is 6. The van der Waals surface area contributed by atoms with E-state index >= 15 is 0 Å². The van der Waals surface area contributed by atoms with Gasteiger partial charge in [-0.3, -0.25) is 0 Å². The minimum atomic E-state index is -2.79. The van der Waals surface area contributed by atoms with E-state index in [1.807, 2.05) is 137 Å². The number of hydrogen-bond donors (Lipinski definition) is 1. The van der Waals surface area contributed by atoms with Crippen molar-refractivity contribution < 1.29 is 9.68 Å². The zero-order chi connectivity index (χ0) is 75.0. The molecule has 20 rings (SSSR count). The number of rotatable bonds is 11. The molecule has 1 radical (unpaired) electrons. The van der Waals surface area contributed by atoms with E-state index in [0.29, 0.717) is 13.4 Å². The fourth-order valence-corrected chi connectivity index (χ4v) is 28.4. The zero-order valence-electron chi connectivity index (χ0n) is 58.9. The first-order chi connectivity index (χ1) is 53.9. The van der Waals surface area contributed by atoms with Gasteiger partial charge in [0.2, 0.25) is 0 Å². The molecule has 0 saturated heterocycles. The van der Waals surface area contributed by atoms with E-state index in [4.69, 9.17) is 31.8 Å². The summed E-state index contributed by atoms with van der Waals surface area (Å²) in [5.41, 5.74) is 7.52. The minimum Gasteiger partial charge on any atom is -0.537 e. The van der Waals surface area contributed by atoms with E-state index in [0.717, 1.165) is 19.3 Å². The lowest BCUT2D eigenvalue weighted by Crippen LogP contribution is -2.74. The quantitative estimate of drug-likeness (QED) is 0.0605. The Balaban J connectivity index is 0.000000132. The van der Waals surface area contributed by atoms with Gasteiger partial charge in [0.25, 0.3) is 0 Å². The van der Waals surface area contributed by atoms with Gasteiger partial charge in [-0.05, 0) is 196 Å². The lowest BCUT2D eigenvalue weighted by molar-refractivity contribution is 0.454. The zero-order valence-corrected chi connectivity index (χ0v) is 71.0. The fourth-order valence-electron chi connectivity index (χ4n) is 14.4. The molecule has 16 aromatic carbocycles. The van der Waals surface area contributed by atoms with Crippen LogP contribution in [0.25, 0.3) is 114 Å². The van der Waals surface area contributed by atoms with Crippen molar-refractivity contribution in [3.05, 3.63) is 401 Å². The van der Waals surface area contributed by atoms with Crippen LogP contribution in [0.2, 0.25) is 0 Å². The predicted molar refractivity (Wildman–Crippen MR) is 515 cm³/mol. The Kier molecular flexibility index (Phi) is 24.6. The van der Waals surface area contributed by atoms with E-state index in [-0.39, 0.29) is 8.41 Å². The van der Waals surface area contributed by atoms with E-state index in [2.05, 4.69) is 340 Å². The van der Waals surface area contributed by atoms with Gasteiger partial charge in [-0.1, -0.05) is 319 Å². The Labute approximate surface area is 706 Å². The summed E-state index contributed by atoms with van der Waals surface area (Å²) in [7, 11) is -2.09. The number of halogens is 5. The molecule has 15 heteroatoms. The van der Waals surface area contributed by atoms with Crippen LogP contribution in [0.4, 0.5) is 0 Å². The van der Waals surface area contributed by atoms with Crippen LogP contribution in [-0.2, 0) is 0 Å². The molecule has 0 unspecified atom stereocenters. The number of fused-ring (bicyclic) bond motifs is 12. The first kappa shape index (κ1) is 77.3. The van der Waals surface area contributed by atoms with Gasteiger partial charge >= 0.3 is 14.4 Å². The Morgan fingerprint density at radius 2 is 0.559 bits per heavy atom. The number of benzene rings is 16. The van der Waals surface area contributed by atoms with Gasteiger partial charge in [-0.2, -0.15) is 0 Å². The Morgan fingerprint density at radius 3 is 0.910 bits per heavy atom. The Hall–Kier alpha value is -9.01. The van der Waals surface area contributed by atoms with Crippen molar-refractivity contribution in [3.8, 4) is 39.1 Å². The molecule has 0 amide bonds. The molecule has 0 spiro atoms. The van der Waals surface area contributed by atoms with E-state index in [1.165, 1.54) is 138 Å². The van der Waals surface area contributed by atoms with Crippen LogP contribution in [0.1, 0.15) is 0 Å². The highest BCUT2D eigenvalue weighted by molar-refractivity contribution is 14.1. The molecule has 111 heavy (non-hydrogen) atoms. The molecule has 4 heterocycles. The molecular formula is C96H69B2Br2Cl2IO2S4Si2-. The van der Waals surface area contributed by atoms with E-state index < -0.39 is 14.8 Å². The van der Waals surface area contributed by atoms with Crippen LogP contribution < -0.4 is 35.8 Å². The van der Waals surface area contributed by atoms with Crippen LogP contribution in [-0.4, -0.2) is 35.9 Å². The SMILES string of the molecule is Brc1cccc(-c2ccc3sc4ccccc4c3c2)c1.Brc1cccc(I)c1.Cl[Si](Cl)(c1ccccc1)c1ccccc1.O[B]Oc1ccc2sc3ccccc3c2c1.[BH4-].c1ccc([Si](c2ccccc2)(c2cccc(-c3ccc4sc5ccccc5c4c3)c2)c2cccc(-c3ccc4sc5ccccc5c4c3)c2)cc1. The molecule has 0 fully saturated rings. The van der Waals surface area contributed by atoms with Gasteiger partial charge in [0.05, 0.1) is 0 Å². The highest BCUT2D eigenvalue weighted by Crippen LogP contribution is 2.41. The highest BCUT2D eigenvalue weighted by atomic mass is 127. The molecule has 20 aromatic rings. The maximum Gasteiger partial charge on any atom is 0.569 e. The highest BCUT2D eigenvalue weighted by Gasteiger charge is 2.42. The van der Waals surface area contributed by atoms with Gasteiger partial charge in [0.1, 0.15) is 5.75 Å². The second-order valence-electron chi connectivity index (χ2n) is 26.3. The van der Waals surface area contributed by atoms with Crippen LogP contribution in [0.5, 0.6) is 5.75 Å². The standard InChI is InChI=1S/C48H32S2Si.C18H11BrS.C12H8BO2S.C12H10Cl2Si.C6H4BrI.BH4/c1-3-15-37(16-4-1)51(38-17-5-2-6-18-38,39-19-11-13-33(29-39)35-25-27-47-43(31-35)41-21-7-9-23-45(41)49-47)40-20-12-14-34(30-40)36-26-28-48-44(32-36)42-22-8-10-24-46(42)50-48;19-14-5-3-4-12(10-14)13-8-9-18-16(11-13)15-6-1-2-7-17(15)20-18;14-13-15-8-5-6-12-10(7-8)9-3-1-2-4-11(9)16-12;13-15(14,11-7-3-1-4-8-11)12-9-5-2-6-10-12;7-5-2-1-3-6(8)4-5;/h1-32H;1-11H;1-7,14H;1-10H;1-4H;1H4/q;;;;;-1. The van der Waals surface area contributed by atoms with Crippen molar-refractivity contribution in [2.75, 3.05) is 0 Å². The fraction of sp³-hybridized carbons (Fsp3) is 0. The third-order valence-electron chi connectivity index (χ3n) is 19.6. The summed E-state index contributed by atoms with van der Waals surface area (Å²) in [4.78, 5) is 0. The lowest BCUT2D eigenvalue weighted by atomic mass is 10.0. The van der Waals surface area contributed by atoms with Gasteiger partial charge in [0.15, 0.2) is 8.07 Å². The van der Waals surface area contributed by atoms with Crippen LogP contribution in [0.3, 0.4) is 0 Å². The second-order valence-corrected chi connectivity index (χ2v) is 43.8. The van der Waals surface area contributed by atoms with Crippen molar-refractivity contribution in [2.45, 2.75) is 0 Å². The summed E-state index contributed by atoms with van der Waals surface area (Å²) < 4.78 is 19.0. The third kappa shape index (κ3) is 16.9. The van der Waals surface area contributed by atoms with Crippen molar-refractivity contribution in [3.63, 3.8) is 0 Å². The molecule has 1 N–H and O–H groups in total. The second kappa shape index (κ2) is 35.4. The predicted octanol–water partition coefficient (Wildman–Crippen LogP) is 24.9. The summed E-state index contributed by atoms with van der Waals surface area (Å²) in [5.74, 6) is 0.651. The topological polar surface area (TPSA) is 29.5 Å². The molecule has 2 nitrogen and oxygen atoms in total. The first-order valence-electron chi connectivity index (χ1n) is 35.7. The average Bonchev–Trinajstić information content (AvgIpc) is 1.59. The van der Waals surface area contributed by atoms with Crippen molar-refractivity contribution in [1.82, 2.24) is 0 Å². The van der Waals surface area contributed by atoms with Gasteiger partial charge in [-0.25, -0.2) is 0 Å². The first-order valence-corrected chi connectivity index (χ1v) is 47.7. The summed E-state index contributed by atoms with van der Waals surface area (Å²) in [6.07, 6.45) is 0. The molecule has 0 saturated carbocycles. The maximum atomic E-state index is 8.61. The smallest absolute Gasteiger partial charge is 0.537 e. The van der Waals surface area contributed by atoms with Crippen molar-refractivity contribution in [1.29, 1.82) is 0 Å². The van der Waals surface area contributed by atoms with Crippen LogP contribution >= 0.6 is 122 Å². The Bertz CT molecular complexity index is 6370. The average molecular weight is 1820 g/mol. The summed E-state index contributed by atoms with van der Waals surface area (Å²) in [5, 5.41) is 26.6. The van der Waals surface area contributed by atoms with E-state index in [9.17, 15) is 0 Å². The van der Waals surface area contributed by atoms with Crippen LogP contribution in [0, 0.1) is 3.57 Å². The molecule has 0 bridgehead atoms. The van der Waals surface area contributed by atoms with Gasteiger partial charge in [0, 0.05) is 93.2 Å². The lowest BCUT2D eigenvalue weighted by Gasteiger charge is -2.35. The molecule has 4 aromatic heterocycles. The van der Waals surface area contributed by atoms with Crippen molar-refractivity contribution in [2.24, 2.45) is 0 Å². The van der Waals surface area contributed by atoms with Crippen molar-refractivity contribution >= 4 is 265 Å². The maximum absolute atomic E-state index is 8.61. The number of thiophene rings is 4. The van der Waals surface area contributed by atoms with Gasteiger partial charge in [-0.15, -0.1) is 67.5 Å². The Morgan fingerprint density at radius 1 is 0.270 bits per heavy atom. The molecule has 0 aliphatic rings. The molecule has 0 aliphatic heterocycles. The third-order valence-corrected chi connectivity index (χ3v) is 35.3. The largest absolute Gasteiger partial charge is 0.569 e. The molecule has 0 atom stereocenters.